The molecule has 0 aromatic carbocycles. The van der Waals surface area contributed by atoms with Crippen LogP contribution in [0.1, 0.15) is 50.3 Å². The zero-order valence-electron chi connectivity index (χ0n) is 12.5. The third-order valence-electron chi connectivity index (χ3n) is 4.24. The van der Waals surface area contributed by atoms with Gasteiger partial charge in [-0.1, -0.05) is 31.0 Å². The molecule has 23 heavy (non-hydrogen) atoms. The maximum atomic E-state index is 12.4. The van der Waals surface area contributed by atoms with Crippen LogP contribution in [-0.2, 0) is 4.79 Å². The van der Waals surface area contributed by atoms with Crippen molar-refractivity contribution in [3.8, 4) is 0 Å². The zero-order chi connectivity index (χ0) is 16.4. The topological polar surface area (TPSA) is 59.2 Å². The predicted octanol–water partition coefficient (Wildman–Crippen LogP) is 3.37. The van der Waals surface area contributed by atoms with Crippen LogP contribution in [0.2, 0.25) is 0 Å². The number of amides is 1. The molecule has 1 unspecified atom stereocenters. The first-order valence-electron chi connectivity index (χ1n) is 7.78. The Morgan fingerprint density at radius 3 is 2.61 bits per heavy atom. The van der Waals surface area contributed by atoms with E-state index in [0.29, 0.717) is 12.3 Å². The molecule has 0 radical (unpaired) electrons. The van der Waals surface area contributed by atoms with Crippen LogP contribution in [0.4, 0.5) is 13.2 Å². The fourth-order valence-corrected chi connectivity index (χ4v) is 4.04. The molecule has 1 aromatic rings. The Hall–Kier alpha value is -1.25. The SMILES string of the molecule is O=C1C(Sc2nnc(C3CCCCC3)o2)CCN1CC(F)(F)F. The third kappa shape index (κ3) is 4.19. The molecule has 0 N–H and O–H groups in total. The van der Waals surface area contributed by atoms with Gasteiger partial charge in [-0.25, -0.2) is 0 Å². The molecule has 1 atom stereocenters. The second-order valence-electron chi connectivity index (χ2n) is 6.01. The van der Waals surface area contributed by atoms with Gasteiger partial charge in [-0.2, -0.15) is 13.2 Å². The Morgan fingerprint density at radius 1 is 1.17 bits per heavy atom. The highest BCUT2D eigenvalue weighted by Crippen LogP contribution is 2.35. The lowest BCUT2D eigenvalue weighted by atomic mass is 9.89. The van der Waals surface area contributed by atoms with Gasteiger partial charge >= 0.3 is 6.18 Å². The average Bonchev–Trinajstić information content (AvgIpc) is 3.09. The first-order chi connectivity index (χ1) is 10.9. The van der Waals surface area contributed by atoms with Crippen molar-refractivity contribution < 1.29 is 22.4 Å². The van der Waals surface area contributed by atoms with Gasteiger partial charge < -0.3 is 9.32 Å². The largest absolute Gasteiger partial charge is 0.416 e. The molecule has 0 bridgehead atoms. The minimum absolute atomic E-state index is 0.111. The van der Waals surface area contributed by atoms with Gasteiger partial charge in [-0.05, 0) is 19.3 Å². The zero-order valence-corrected chi connectivity index (χ0v) is 13.3. The maximum absolute atomic E-state index is 12.4. The van der Waals surface area contributed by atoms with Gasteiger partial charge in [0.1, 0.15) is 6.54 Å². The van der Waals surface area contributed by atoms with Gasteiger partial charge in [-0.15, -0.1) is 10.2 Å². The molecule has 2 aliphatic rings. The second-order valence-corrected chi connectivity index (χ2v) is 7.17. The highest BCUT2D eigenvalue weighted by atomic mass is 32.2. The monoisotopic (exact) mass is 349 g/mol. The number of thioether (sulfide) groups is 1. The first-order valence-corrected chi connectivity index (χ1v) is 8.66. The molecule has 1 aliphatic heterocycles. The van der Waals surface area contributed by atoms with E-state index in [9.17, 15) is 18.0 Å². The molecule has 9 heteroatoms. The fraction of sp³-hybridized carbons (Fsp3) is 0.786. The molecule has 5 nitrogen and oxygen atoms in total. The molecule has 1 saturated carbocycles. The molecule has 2 heterocycles. The van der Waals surface area contributed by atoms with Crippen LogP contribution in [0.25, 0.3) is 0 Å². The summed E-state index contributed by atoms with van der Waals surface area (Å²) in [5.41, 5.74) is 0. The molecular weight excluding hydrogens is 331 g/mol. The van der Waals surface area contributed by atoms with Gasteiger partial charge in [0, 0.05) is 12.5 Å². The second kappa shape index (κ2) is 6.70. The standard InChI is InChI=1S/C14H18F3N3O2S/c15-14(16,17)8-20-7-6-10(12(20)21)23-13-19-18-11(22-13)9-4-2-1-3-5-9/h9-10H,1-8H2. The Morgan fingerprint density at radius 2 is 1.91 bits per heavy atom. The van der Waals surface area contributed by atoms with E-state index < -0.39 is 23.9 Å². The van der Waals surface area contributed by atoms with Crippen LogP contribution in [0.5, 0.6) is 0 Å². The number of aromatic nitrogens is 2. The first kappa shape index (κ1) is 16.6. The predicted molar refractivity (Wildman–Crippen MR) is 77.0 cm³/mol. The van der Waals surface area contributed by atoms with E-state index in [0.717, 1.165) is 42.3 Å². The molecule has 0 spiro atoms. The molecule has 1 aromatic heterocycles. The van der Waals surface area contributed by atoms with Gasteiger partial charge in [0.25, 0.3) is 5.22 Å². The van der Waals surface area contributed by atoms with Crippen LogP contribution >= 0.6 is 11.8 Å². The van der Waals surface area contributed by atoms with Crippen molar-refractivity contribution >= 4 is 17.7 Å². The number of rotatable bonds is 4. The summed E-state index contributed by atoms with van der Waals surface area (Å²) in [6.45, 7) is -1.08. The van der Waals surface area contributed by atoms with Crippen molar-refractivity contribution in [3.63, 3.8) is 0 Å². The van der Waals surface area contributed by atoms with E-state index in [2.05, 4.69) is 10.2 Å². The number of hydrogen-bond acceptors (Lipinski definition) is 5. The molecule has 1 aliphatic carbocycles. The van der Waals surface area contributed by atoms with Crippen molar-refractivity contribution in [2.24, 2.45) is 0 Å². The summed E-state index contributed by atoms with van der Waals surface area (Å²) in [5, 5.41) is 7.69. The Labute approximate surface area is 136 Å². The number of alkyl halides is 3. The summed E-state index contributed by atoms with van der Waals surface area (Å²) >= 11 is 1.08. The van der Waals surface area contributed by atoms with E-state index >= 15 is 0 Å². The lowest BCUT2D eigenvalue weighted by Gasteiger charge is -2.18. The van der Waals surface area contributed by atoms with Crippen LogP contribution in [0.15, 0.2) is 9.64 Å². The molecule has 3 rings (SSSR count). The molecule has 2 fully saturated rings. The summed E-state index contributed by atoms with van der Waals surface area (Å²) in [5.74, 6) is 0.348. The van der Waals surface area contributed by atoms with Crippen molar-refractivity contribution in [3.05, 3.63) is 5.89 Å². The molecule has 1 saturated heterocycles. The average molecular weight is 349 g/mol. The van der Waals surface area contributed by atoms with E-state index in [4.69, 9.17) is 4.42 Å². The van der Waals surface area contributed by atoms with Crippen LogP contribution in [0, 0.1) is 0 Å². The fourth-order valence-electron chi connectivity index (χ4n) is 3.10. The van der Waals surface area contributed by atoms with Crippen molar-refractivity contribution in [1.29, 1.82) is 0 Å². The lowest BCUT2D eigenvalue weighted by Crippen LogP contribution is -2.36. The van der Waals surface area contributed by atoms with Crippen LogP contribution in [0.3, 0.4) is 0 Å². The Bertz CT molecular complexity index is 558. The van der Waals surface area contributed by atoms with Crippen molar-refractivity contribution in [1.82, 2.24) is 15.1 Å². The number of nitrogens with zero attached hydrogens (tertiary/aromatic N) is 3. The van der Waals surface area contributed by atoms with Crippen LogP contribution in [-0.4, -0.2) is 45.5 Å². The van der Waals surface area contributed by atoms with Gasteiger partial charge in [0.2, 0.25) is 11.8 Å². The molecule has 1 amide bonds. The van der Waals surface area contributed by atoms with E-state index in [-0.39, 0.29) is 17.7 Å². The third-order valence-corrected chi connectivity index (χ3v) is 5.33. The van der Waals surface area contributed by atoms with Gasteiger partial charge in [0.15, 0.2) is 0 Å². The Kier molecular flexibility index (Phi) is 4.84. The van der Waals surface area contributed by atoms with E-state index in [1.807, 2.05) is 0 Å². The van der Waals surface area contributed by atoms with Crippen molar-refractivity contribution in [2.75, 3.05) is 13.1 Å². The highest BCUT2D eigenvalue weighted by molar-refractivity contribution is 8.00. The number of halogens is 3. The number of hydrogen-bond donors (Lipinski definition) is 0. The molecular formula is C14H18F3N3O2S. The van der Waals surface area contributed by atoms with E-state index in [1.54, 1.807) is 0 Å². The number of carbonyl (C=O) groups excluding carboxylic acids is 1. The van der Waals surface area contributed by atoms with Gasteiger partial charge in [-0.3, -0.25) is 4.79 Å². The summed E-state index contributed by atoms with van der Waals surface area (Å²) in [6.07, 6.45) is 1.54. The van der Waals surface area contributed by atoms with Gasteiger partial charge in [0.05, 0.1) is 5.25 Å². The number of likely N-dealkylation sites (tertiary alicyclic amines) is 1. The highest BCUT2D eigenvalue weighted by Gasteiger charge is 2.40. The summed E-state index contributed by atoms with van der Waals surface area (Å²) in [6, 6.07) is 0. The molecule has 128 valence electrons. The lowest BCUT2D eigenvalue weighted by molar-refractivity contribution is -0.157. The summed E-state index contributed by atoms with van der Waals surface area (Å²) < 4.78 is 42.8. The Balaban J connectivity index is 1.57. The van der Waals surface area contributed by atoms with Crippen molar-refractivity contribution in [2.45, 2.75) is 61.1 Å². The quantitative estimate of drug-likeness (QED) is 0.834. The summed E-state index contributed by atoms with van der Waals surface area (Å²) in [7, 11) is 0. The van der Waals surface area contributed by atoms with E-state index in [1.165, 1.54) is 6.42 Å². The number of carbonyl (C=O) groups is 1. The maximum Gasteiger partial charge on any atom is 0.406 e. The smallest absolute Gasteiger partial charge is 0.406 e. The minimum Gasteiger partial charge on any atom is -0.416 e. The minimum atomic E-state index is -4.37. The van der Waals surface area contributed by atoms with Crippen LogP contribution < -0.4 is 0 Å². The summed E-state index contributed by atoms with van der Waals surface area (Å²) in [4.78, 5) is 12.9. The normalized spacial score (nSPS) is 23.7.